The fraction of sp³-hybridized carbons (Fsp3) is 0.588. The molecule has 1 fully saturated rings. The molecule has 1 heterocycles. The molecular formula is C17H26N2OS. The Labute approximate surface area is 132 Å². The molecule has 0 atom stereocenters. The van der Waals surface area contributed by atoms with Gasteiger partial charge in [0.25, 0.3) is 0 Å². The fourth-order valence-corrected chi connectivity index (χ4v) is 3.28. The molecule has 3 nitrogen and oxygen atoms in total. The van der Waals surface area contributed by atoms with Crippen LogP contribution in [0.5, 0.6) is 0 Å². The number of anilines is 1. The van der Waals surface area contributed by atoms with E-state index in [0.717, 1.165) is 25.3 Å². The van der Waals surface area contributed by atoms with Crippen molar-refractivity contribution >= 4 is 23.4 Å². The van der Waals surface area contributed by atoms with Crippen LogP contribution in [-0.4, -0.2) is 35.4 Å². The van der Waals surface area contributed by atoms with Crippen molar-refractivity contribution in [2.75, 3.05) is 29.9 Å². The summed E-state index contributed by atoms with van der Waals surface area (Å²) in [7, 11) is 0. The van der Waals surface area contributed by atoms with Crippen molar-refractivity contribution in [2.45, 2.75) is 34.2 Å². The van der Waals surface area contributed by atoms with Gasteiger partial charge in [0.15, 0.2) is 0 Å². The van der Waals surface area contributed by atoms with Gasteiger partial charge in [0, 0.05) is 42.2 Å². The van der Waals surface area contributed by atoms with E-state index in [0.29, 0.717) is 0 Å². The molecule has 21 heavy (non-hydrogen) atoms. The molecule has 0 unspecified atom stereocenters. The summed E-state index contributed by atoms with van der Waals surface area (Å²) < 4.78 is 0. The van der Waals surface area contributed by atoms with E-state index in [-0.39, 0.29) is 11.3 Å². The maximum absolute atomic E-state index is 12.2. The van der Waals surface area contributed by atoms with Crippen LogP contribution in [-0.2, 0) is 11.3 Å². The minimum absolute atomic E-state index is 0.0668. The van der Waals surface area contributed by atoms with Crippen molar-refractivity contribution in [2.24, 2.45) is 5.41 Å². The molecule has 1 aliphatic rings. The average Bonchev–Trinajstić information content (AvgIpc) is 2.43. The first-order chi connectivity index (χ1) is 9.88. The number of benzene rings is 1. The van der Waals surface area contributed by atoms with E-state index in [9.17, 15) is 4.79 Å². The Morgan fingerprint density at radius 2 is 1.95 bits per heavy atom. The lowest BCUT2D eigenvalue weighted by Gasteiger charge is -2.27. The summed E-state index contributed by atoms with van der Waals surface area (Å²) in [5.74, 6) is 2.51. The molecule has 2 rings (SSSR count). The lowest BCUT2D eigenvalue weighted by molar-refractivity contribution is -0.123. The van der Waals surface area contributed by atoms with Crippen LogP contribution in [0.25, 0.3) is 0 Å². The molecule has 0 bridgehead atoms. The lowest BCUT2D eigenvalue weighted by atomic mass is 9.95. The van der Waals surface area contributed by atoms with Crippen LogP contribution in [0.15, 0.2) is 18.2 Å². The number of nitrogens with zero attached hydrogens (tertiary/aromatic N) is 1. The zero-order valence-electron chi connectivity index (χ0n) is 13.5. The summed E-state index contributed by atoms with van der Waals surface area (Å²) in [6.07, 6.45) is 0. The summed E-state index contributed by atoms with van der Waals surface area (Å²) in [5.41, 5.74) is 3.08. The normalized spacial score (nSPS) is 16.8. The first kappa shape index (κ1) is 16.4. The third-order valence-corrected chi connectivity index (χ3v) is 4.82. The van der Waals surface area contributed by atoms with E-state index in [1.54, 1.807) is 0 Å². The van der Waals surface area contributed by atoms with Crippen LogP contribution in [0.3, 0.4) is 0 Å². The van der Waals surface area contributed by atoms with Gasteiger partial charge in [0.05, 0.1) is 0 Å². The van der Waals surface area contributed by atoms with Crippen molar-refractivity contribution < 1.29 is 4.79 Å². The third kappa shape index (κ3) is 4.48. The Morgan fingerprint density at radius 3 is 2.57 bits per heavy atom. The first-order valence-corrected chi connectivity index (χ1v) is 8.73. The van der Waals surface area contributed by atoms with Gasteiger partial charge in [-0.2, -0.15) is 11.8 Å². The van der Waals surface area contributed by atoms with Gasteiger partial charge in [-0.3, -0.25) is 9.69 Å². The van der Waals surface area contributed by atoms with Crippen molar-refractivity contribution in [1.29, 1.82) is 0 Å². The molecule has 0 spiro atoms. The second-order valence-electron chi connectivity index (χ2n) is 6.68. The van der Waals surface area contributed by atoms with Gasteiger partial charge >= 0.3 is 0 Å². The van der Waals surface area contributed by atoms with Crippen LogP contribution in [0.4, 0.5) is 5.69 Å². The Kier molecular flexibility index (Phi) is 5.33. The van der Waals surface area contributed by atoms with Crippen molar-refractivity contribution in [3.63, 3.8) is 0 Å². The lowest BCUT2D eigenvalue weighted by Crippen LogP contribution is -2.32. The summed E-state index contributed by atoms with van der Waals surface area (Å²) in [6, 6.07) is 6.21. The highest BCUT2D eigenvalue weighted by molar-refractivity contribution is 7.99. The Hall–Kier alpha value is -1.00. The highest BCUT2D eigenvalue weighted by Crippen LogP contribution is 2.24. The van der Waals surface area contributed by atoms with Crippen LogP contribution >= 0.6 is 11.8 Å². The molecule has 0 radical (unpaired) electrons. The molecule has 4 heteroatoms. The molecule has 1 aliphatic heterocycles. The number of carbonyl (C=O) groups is 1. The fourth-order valence-electron chi connectivity index (χ4n) is 2.30. The largest absolute Gasteiger partial charge is 0.325 e. The topological polar surface area (TPSA) is 32.3 Å². The SMILES string of the molecule is Cc1c(CN2CCSCC2)cccc1NC(=O)C(C)(C)C. The Balaban J connectivity index is 2.10. The quantitative estimate of drug-likeness (QED) is 0.927. The van der Waals surface area contributed by atoms with Crippen LogP contribution < -0.4 is 5.32 Å². The molecule has 0 aromatic heterocycles. The van der Waals surface area contributed by atoms with Gasteiger partial charge in [0.1, 0.15) is 0 Å². The number of hydrogen-bond donors (Lipinski definition) is 1. The Morgan fingerprint density at radius 1 is 1.29 bits per heavy atom. The van der Waals surface area contributed by atoms with E-state index in [1.165, 1.54) is 22.6 Å². The van der Waals surface area contributed by atoms with E-state index >= 15 is 0 Å². The molecule has 0 aliphatic carbocycles. The number of hydrogen-bond acceptors (Lipinski definition) is 3. The summed E-state index contributed by atoms with van der Waals surface area (Å²) >= 11 is 2.03. The van der Waals surface area contributed by atoms with E-state index in [1.807, 2.05) is 44.7 Å². The monoisotopic (exact) mass is 306 g/mol. The predicted molar refractivity (Wildman–Crippen MR) is 91.9 cm³/mol. The maximum Gasteiger partial charge on any atom is 0.229 e. The van der Waals surface area contributed by atoms with E-state index < -0.39 is 0 Å². The minimum atomic E-state index is -0.369. The second-order valence-corrected chi connectivity index (χ2v) is 7.91. The van der Waals surface area contributed by atoms with Crippen molar-refractivity contribution in [3.05, 3.63) is 29.3 Å². The number of nitrogens with one attached hydrogen (secondary N) is 1. The van der Waals surface area contributed by atoms with Crippen molar-refractivity contribution in [3.8, 4) is 0 Å². The number of thioether (sulfide) groups is 1. The highest BCUT2D eigenvalue weighted by atomic mass is 32.2. The molecule has 1 aromatic carbocycles. The van der Waals surface area contributed by atoms with E-state index in [2.05, 4.69) is 23.2 Å². The minimum Gasteiger partial charge on any atom is -0.325 e. The van der Waals surface area contributed by atoms with Gasteiger partial charge in [0.2, 0.25) is 5.91 Å². The third-order valence-electron chi connectivity index (χ3n) is 3.87. The standard InChI is InChI=1S/C17H26N2OS/c1-13-14(12-19-8-10-21-11-9-19)6-5-7-15(13)18-16(20)17(2,3)4/h5-7H,8-12H2,1-4H3,(H,18,20). The molecule has 0 saturated carbocycles. The average molecular weight is 306 g/mol. The molecule has 1 N–H and O–H groups in total. The summed E-state index contributed by atoms with van der Waals surface area (Å²) in [4.78, 5) is 14.7. The maximum atomic E-state index is 12.2. The van der Waals surface area contributed by atoms with Crippen LogP contribution in [0, 0.1) is 12.3 Å². The summed E-state index contributed by atoms with van der Waals surface area (Å²) in [5, 5.41) is 3.07. The van der Waals surface area contributed by atoms with Crippen LogP contribution in [0.2, 0.25) is 0 Å². The molecule has 116 valence electrons. The number of rotatable bonds is 3. The van der Waals surface area contributed by atoms with Gasteiger partial charge < -0.3 is 5.32 Å². The first-order valence-electron chi connectivity index (χ1n) is 7.58. The molecule has 1 amide bonds. The van der Waals surface area contributed by atoms with Gasteiger partial charge in [-0.1, -0.05) is 32.9 Å². The highest BCUT2D eigenvalue weighted by Gasteiger charge is 2.22. The van der Waals surface area contributed by atoms with Gasteiger partial charge in [-0.25, -0.2) is 0 Å². The number of amides is 1. The number of carbonyl (C=O) groups excluding carboxylic acids is 1. The second kappa shape index (κ2) is 6.84. The van der Waals surface area contributed by atoms with Crippen molar-refractivity contribution in [1.82, 2.24) is 4.90 Å². The van der Waals surface area contributed by atoms with Gasteiger partial charge in [-0.05, 0) is 24.1 Å². The predicted octanol–water partition coefficient (Wildman–Crippen LogP) is 3.53. The zero-order valence-corrected chi connectivity index (χ0v) is 14.3. The smallest absolute Gasteiger partial charge is 0.229 e. The molecule has 1 saturated heterocycles. The van der Waals surface area contributed by atoms with Crippen LogP contribution in [0.1, 0.15) is 31.9 Å². The summed E-state index contributed by atoms with van der Waals surface area (Å²) in [6.45, 7) is 11.2. The zero-order chi connectivity index (χ0) is 15.5. The van der Waals surface area contributed by atoms with Gasteiger partial charge in [-0.15, -0.1) is 0 Å². The molecule has 1 aromatic rings. The van der Waals surface area contributed by atoms with E-state index in [4.69, 9.17) is 0 Å². The molecular weight excluding hydrogens is 280 g/mol. The Bertz CT molecular complexity index is 502.